The maximum atomic E-state index is 13.1. The van der Waals surface area contributed by atoms with Gasteiger partial charge in [0, 0.05) is 22.9 Å². The van der Waals surface area contributed by atoms with Crippen LogP contribution in [0.5, 0.6) is 0 Å². The molecule has 0 N–H and O–H groups in total. The summed E-state index contributed by atoms with van der Waals surface area (Å²) < 4.78 is 23.9. The fraction of sp³-hybridized carbons (Fsp3) is 0.947. The number of Topliss-reactive ketones (excluding diaryl/α,β-unsaturated/α-hetero) is 1. The zero-order valence-electron chi connectivity index (χ0n) is 16.5. The molecule has 1 aliphatic carbocycles. The Morgan fingerprint density at radius 3 is 1.88 bits per heavy atom. The molecule has 3 aliphatic rings. The first kappa shape index (κ1) is 18.4. The molecule has 0 bridgehead atoms. The van der Waals surface area contributed by atoms with Crippen LogP contribution in [0.3, 0.4) is 0 Å². The van der Waals surface area contributed by atoms with Gasteiger partial charge in [-0.15, -0.1) is 0 Å². The van der Waals surface area contributed by atoms with Crippen molar-refractivity contribution in [3.05, 3.63) is 0 Å². The minimum Gasteiger partial charge on any atom is -0.297 e. The van der Waals surface area contributed by atoms with Crippen molar-refractivity contribution in [1.29, 1.82) is 0 Å². The second-order valence-corrected chi connectivity index (χ2v) is 13.0. The summed E-state index contributed by atoms with van der Waals surface area (Å²) in [7, 11) is -2.88. The molecule has 0 radical (unpaired) electrons. The van der Waals surface area contributed by atoms with Gasteiger partial charge in [-0.2, -0.15) is 0 Å². The molecular weight excluding hydrogens is 322 g/mol. The summed E-state index contributed by atoms with van der Waals surface area (Å²) in [5.74, 6) is 0.900. The highest BCUT2D eigenvalue weighted by molar-refractivity contribution is 7.92. The average Bonchev–Trinajstić information content (AvgIpc) is 2.70. The van der Waals surface area contributed by atoms with Gasteiger partial charge in [-0.05, 0) is 38.0 Å². The van der Waals surface area contributed by atoms with Crippen molar-refractivity contribution in [3.8, 4) is 0 Å². The summed E-state index contributed by atoms with van der Waals surface area (Å²) in [4.78, 5) is 15.5. The molecule has 2 spiro atoms. The van der Waals surface area contributed by atoms with E-state index in [1.807, 2.05) is 20.8 Å². The Morgan fingerprint density at radius 1 is 1.00 bits per heavy atom. The van der Waals surface area contributed by atoms with Crippen molar-refractivity contribution < 1.29 is 13.2 Å². The van der Waals surface area contributed by atoms with Crippen molar-refractivity contribution in [3.63, 3.8) is 0 Å². The summed E-state index contributed by atoms with van der Waals surface area (Å²) in [6, 6.07) is -0.105. The maximum Gasteiger partial charge on any atom is 0.155 e. The van der Waals surface area contributed by atoms with Gasteiger partial charge in [-0.1, -0.05) is 34.6 Å². The van der Waals surface area contributed by atoms with Crippen LogP contribution in [0.2, 0.25) is 0 Å². The lowest BCUT2D eigenvalue weighted by Gasteiger charge is -2.38. The lowest BCUT2D eigenvalue weighted by molar-refractivity contribution is -0.132. The van der Waals surface area contributed by atoms with Crippen LogP contribution in [-0.4, -0.2) is 48.7 Å². The molecule has 5 heteroatoms. The Kier molecular flexibility index (Phi) is 3.41. The minimum atomic E-state index is -2.88. The first-order valence-electron chi connectivity index (χ1n) is 9.02. The van der Waals surface area contributed by atoms with Gasteiger partial charge in [0.2, 0.25) is 0 Å². The van der Waals surface area contributed by atoms with Crippen LogP contribution in [-0.2, 0) is 14.6 Å². The predicted octanol–water partition coefficient (Wildman–Crippen LogP) is 2.92. The molecule has 1 unspecified atom stereocenters. The van der Waals surface area contributed by atoms with E-state index in [0.29, 0.717) is 11.5 Å². The van der Waals surface area contributed by atoms with Gasteiger partial charge >= 0.3 is 0 Å². The summed E-state index contributed by atoms with van der Waals surface area (Å²) in [6.45, 7) is 17.7. The van der Waals surface area contributed by atoms with Gasteiger partial charge in [0.15, 0.2) is 15.6 Å². The molecule has 3 fully saturated rings. The topological polar surface area (TPSA) is 54.5 Å². The Hall–Kier alpha value is -0.420. The molecule has 1 saturated carbocycles. The fourth-order valence-electron chi connectivity index (χ4n) is 5.75. The van der Waals surface area contributed by atoms with Crippen LogP contribution in [0.15, 0.2) is 0 Å². The van der Waals surface area contributed by atoms with Crippen LogP contribution < -0.4 is 0 Å². The fourth-order valence-corrected chi connectivity index (χ4v) is 8.44. The Labute approximate surface area is 147 Å². The van der Waals surface area contributed by atoms with E-state index in [1.165, 1.54) is 0 Å². The highest BCUT2D eigenvalue weighted by Gasteiger charge is 2.88. The molecular formula is C19H33NO3S. The molecule has 138 valence electrons. The first-order valence-corrected chi connectivity index (χ1v) is 10.8. The molecule has 24 heavy (non-hydrogen) atoms. The number of carbonyl (C=O) groups is 1. The molecule has 0 aromatic heterocycles. The molecule has 4 nitrogen and oxygen atoms in total. The van der Waals surface area contributed by atoms with Crippen molar-refractivity contribution in [2.75, 3.05) is 18.1 Å². The van der Waals surface area contributed by atoms with Crippen LogP contribution >= 0.6 is 0 Å². The number of ketones is 1. The third-order valence-corrected chi connectivity index (χ3v) is 9.31. The van der Waals surface area contributed by atoms with E-state index < -0.39 is 9.84 Å². The Morgan fingerprint density at radius 2 is 1.50 bits per heavy atom. The first-order chi connectivity index (χ1) is 10.5. The van der Waals surface area contributed by atoms with E-state index in [0.717, 1.165) is 13.0 Å². The number of sulfone groups is 1. The van der Waals surface area contributed by atoms with Gasteiger partial charge < -0.3 is 0 Å². The lowest BCUT2D eigenvalue weighted by Crippen LogP contribution is -2.50. The average molecular weight is 356 g/mol. The van der Waals surface area contributed by atoms with Gasteiger partial charge in [0.25, 0.3) is 0 Å². The molecule has 2 saturated heterocycles. The number of rotatable bonds is 1. The molecule has 0 aromatic carbocycles. The van der Waals surface area contributed by atoms with Crippen molar-refractivity contribution in [2.24, 2.45) is 21.7 Å². The number of hydrogen-bond donors (Lipinski definition) is 0. The van der Waals surface area contributed by atoms with E-state index in [9.17, 15) is 13.2 Å². The minimum absolute atomic E-state index is 0.0122. The highest BCUT2D eigenvalue weighted by Crippen LogP contribution is 2.85. The summed E-state index contributed by atoms with van der Waals surface area (Å²) in [5.41, 5.74) is -0.643. The van der Waals surface area contributed by atoms with E-state index in [2.05, 4.69) is 39.5 Å². The normalized spacial score (nSPS) is 36.8. The number of nitrogens with zero attached hydrogens (tertiary/aromatic N) is 1. The van der Waals surface area contributed by atoms with Gasteiger partial charge in [0.1, 0.15) is 0 Å². The zero-order valence-corrected chi connectivity index (χ0v) is 17.3. The van der Waals surface area contributed by atoms with Crippen LogP contribution in [0, 0.1) is 21.7 Å². The van der Waals surface area contributed by atoms with E-state index >= 15 is 0 Å². The quantitative estimate of drug-likeness (QED) is 0.726. The number of carbonyl (C=O) groups excluding carboxylic acids is 1. The van der Waals surface area contributed by atoms with Crippen LogP contribution in [0.4, 0.5) is 0 Å². The largest absolute Gasteiger partial charge is 0.297 e. The molecule has 2 aliphatic heterocycles. The molecule has 0 amide bonds. The Balaban J connectivity index is 1.99. The monoisotopic (exact) mass is 355 g/mol. The second-order valence-electron chi connectivity index (χ2n) is 11.0. The van der Waals surface area contributed by atoms with Gasteiger partial charge in [0.05, 0.1) is 17.5 Å². The van der Waals surface area contributed by atoms with Crippen molar-refractivity contribution >= 4 is 15.6 Å². The summed E-state index contributed by atoms with van der Waals surface area (Å²) in [5, 5.41) is 0. The van der Waals surface area contributed by atoms with Crippen molar-refractivity contribution in [1.82, 2.24) is 4.90 Å². The van der Waals surface area contributed by atoms with Crippen molar-refractivity contribution in [2.45, 2.75) is 73.4 Å². The standard InChI is InChI=1S/C19H33NO3S/c1-15(2,3)14(21)13-9-18(10-20(13)16(4,5)6)17(7,8)19(18)11-24(22,23)12-19/h13H,9-12H2,1-8H3/t13-,18?/m0/s1. The molecule has 2 heterocycles. The molecule has 2 atom stereocenters. The lowest BCUT2D eigenvalue weighted by atomic mass is 9.82. The van der Waals surface area contributed by atoms with Crippen LogP contribution in [0.25, 0.3) is 0 Å². The zero-order chi connectivity index (χ0) is 18.6. The Bertz CT molecular complexity index is 681. The van der Waals surface area contributed by atoms with E-state index in [-0.39, 0.29) is 39.0 Å². The smallest absolute Gasteiger partial charge is 0.155 e. The highest BCUT2D eigenvalue weighted by atomic mass is 32.2. The molecule has 0 aromatic rings. The third-order valence-electron chi connectivity index (χ3n) is 7.44. The molecule has 3 rings (SSSR count). The summed E-state index contributed by atoms with van der Waals surface area (Å²) in [6.07, 6.45) is 0.808. The van der Waals surface area contributed by atoms with E-state index in [1.54, 1.807) is 0 Å². The third kappa shape index (κ3) is 2.06. The summed E-state index contributed by atoms with van der Waals surface area (Å²) >= 11 is 0. The van der Waals surface area contributed by atoms with Crippen LogP contribution in [0.1, 0.15) is 61.8 Å². The second kappa shape index (κ2) is 4.46. The number of fused-ring (bicyclic) bond motifs is 1. The maximum absolute atomic E-state index is 13.1. The number of likely N-dealkylation sites (tertiary alicyclic amines) is 1. The van der Waals surface area contributed by atoms with Gasteiger partial charge in [-0.3, -0.25) is 9.69 Å². The van der Waals surface area contributed by atoms with E-state index in [4.69, 9.17) is 0 Å². The number of hydrogen-bond acceptors (Lipinski definition) is 4. The van der Waals surface area contributed by atoms with Gasteiger partial charge in [-0.25, -0.2) is 8.42 Å². The predicted molar refractivity (Wildman–Crippen MR) is 96.6 cm³/mol. The SMILES string of the molecule is CC(C)(C)C(=O)[C@@H]1CC2(CN1C(C)(C)C)C(C)(C)C21CS(=O)(=O)C1.